The van der Waals surface area contributed by atoms with Crippen LogP contribution in [0, 0.1) is 11.0 Å². The largest absolute Gasteiger partial charge is 0.629 e. The lowest BCUT2D eigenvalue weighted by Crippen LogP contribution is -3.01. The maximum absolute atomic E-state index is 14.4. The quantitative estimate of drug-likeness (QED) is 0.127. The average molecular weight is 533 g/mol. The number of H-pyrrole nitrogens is 1. The van der Waals surface area contributed by atoms with Crippen molar-refractivity contribution in [2.75, 3.05) is 19.0 Å². The van der Waals surface area contributed by atoms with Crippen molar-refractivity contribution < 1.29 is 23.5 Å². The Morgan fingerprint density at radius 3 is 2.58 bits per heavy atom. The first-order chi connectivity index (χ1) is 17.1. The monoisotopic (exact) mass is 532 g/mol. The summed E-state index contributed by atoms with van der Waals surface area (Å²) in [4.78, 5) is 3.43. The summed E-state index contributed by atoms with van der Waals surface area (Å²) in [5, 5.41) is 27.3. The number of aromatic nitrogens is 1. The lowest BCUT2D eigenvalue weighted by molar-refractivity contribution is -0.772. The zero-order valence-corrected chi connectivity index (χ0v) is 21.2. The number of aliphatic hydroxyl groups is 1. The summed E-state index contributed by atoms with van der Waals surface area (Å²) in [5.41, 5.74) is 1.75. The number of aromatic amines is 1. The highest BCUT2D eigenvalue weighted by Gasteiger charge is 2.21. The van der Waals surface area contributed by atoms with Crippen LogP contribution in [0.5, 0.6) is 5.75 Å². The predicted octanol–water partition coefficient (Wildman–Crippen LogP) is 4.02. The molecule has 3 unspecified atom stereocenters. The van der Waals surface area contributed by atoms with E-state index in [1.165, 1.54) is 25.3 Å². The summed E-state index contributed by atoms with van der Waals surface area (Å²) >= 11 is 6.02. The van der Waals surface area contributed by atoms with E-state index in [0.717, 1.165) is 0 Å². The number of rotatable bonds is 9. The summed E-state index contributed by atoms with van der Waals surface area (Å²) in [6.07, 6.45) is -1.41. The molecule has 0 amide bonds. The number of nitrogens with one attached hydrogen (secondary N) is 4. The molecular formula is C25H26ClFN4O4S. The number of benzene rings is 3. The highest BCUT2D eigenvalue weighted by atomic mass is 35.5. The summed E-state index contributed by atoms with van der Waals surface area (Å²) < 4.78 is 35.4. The third-order valence-corrected chi connectivity index (χ3v) is 7.54. The first-order valence-electron chi connectivity index (χ1n) is 11.0. The molecule has 0 saturated heterocycles. The highest BCUT2D eigenvalue weighted by molar-refractivity contribution is 7.98. The zero-order valence-electron chi connectivity index (χ0n) is 19.6. The topological polar surface area (TPSA) is 114 Å². The molecule has 0 bridgehead atoms. The van der Waals surface area contributed by atoms with Gasteiger partial charge >= 0.3 is 0 Å². The van der Waals surface area contributed by atoms with Crippen LogP contribution in [0.2, 0.25) is 5.02 Å². The Bertz CT molecular complexity index is 1490. The van der Waals surface area contributed by atoms with Crippen LogP contribution in [0.25, 0.3) is 10.9 Å². The second kappa shape index (κ2) is 10.5. The fourth-order valence-electron chi connectivity index (χ4n) is 3.76. The molecule has 1 aromatic heterocycles. The first-order valence-corrected chi connectivity index (χ1v) is 13.1. The molecule has 11 heteroatoms. The van der Waals surface area contributed by atoms with Crippen molar-refractivity contribution in [2.45, 2.75) is 18.0 Å². The molecule has 36 heavy (non-hydrogen) atoms. The van der Waals surface area contributed by atoms with Crippen molar-refractivity contribution in [3.8, 4) is 5.75 Å². The smallest absolute Gasteiger partial charge is 0.156 e. The predicted molar refractivity (Wildman–Crippen MR) is 142 cm³/mol. The van der Waals surface area contributed by atoms with E-state index >= 15 is 0 Å². The van der Waals surface area contributed by atoms with Crippen molar-refractivity contribution >= 4 is 55.1 Å². The number of halogens is 2. The van der Waals surface area contributed by atoms with Crippen LogP contribution >= 0.6 is 11.6 Å². The van der Waals surface area contributed by atoms with E-state index in [9.17, 15) is 18.9 Å². The van der Waals surface area contributed by atoms with Crippen LogP contribution in [-0.4, -0.2) is 33.8 Å². The van der Waals surface area contributed by atoms with Gasteiger partial charge in [-0.05, 0) is 67.4 Å². The average Bonchev–Trinajstić information content (AvgIpc) is 3.32. The summed E-state index contributed by atoms with van der Waals surface area (Å²) in [6, 6.07) is 15.5. The maximum Gasteiger partial charge on any atom is 0.156 e. The Hall–Kier alpha value is -3.12. The Labute approximate surface area is 213 Å². The van der Waals surface area contributed by atoms with E-state index in [-0.39, 0.29) is 23.0 Å². The number of quaternary nitrogens is 1. The van der Waals surface area contributed by atoms with E-state index in [4.69, 9.17) is 16.3 Å². The molecule has 1 heterocycles. The lowest BCUT2D eigenvalue weighted by Gasteiger charge is -2.21. The molecule has 190 valence electrons. The minimum absolute atomic E-state index is 0.115. The number of aliphatic hydroxyl groups excluding tert-OH is 1. The SMILES string of the molecule is C=S(=O)(NC(O)c1cc2c(Nc3cc(Cl)ccc3F)ccc([NH+]([O-])CC)c2[nH]1)c1ccc(OC)cc1. The van der Waals surface area contributed by atoms with Gasteiger partial charge in [-0.2, -0.15) is 0 Å². The van der Waals surface area contributed by atoms with Crippen molar-refractivity contribution in [1.29, 1.82) is 0 Å². The number of hydroxylamine groups is 1. The fraction of sp³-hybridized carbons (Fsp3) is 0.160. The van der Waals surface area contributed by atoms with E-state index in [1.54, 1.807) is 49.4 Å². The molecule has 0 aliphatic rings. The van der Waals surface area contributed by atoms with Gasteiger partial charge < -0.3 is 30.4 Å². The third kappa shape index (κ3) is 5.34. The molecule has 3 aromatic carbocycles. The molecule has 0 fully saturated rings. The highest BCUT2D eigenvalue weighted by Crippen LogP contribution is 2.34. The second-order valence-corrected chi connectivity index (χ2v) is 10.6. The normalized spacial score (nSPS) is 14.8. The van der Waals surface area contributed by atoms with Crippen LogP contribution in [0.3, 0.4) is 0 Å². The molecule has 0 spiro atoms. The van der Waals surface area contributed by atoms with Gasteiger partial charge in [0.1, 0.15) is 17.1 Å². The van der Waals surface area contributed by atoms with E-state index < -0.39 is 21.8 Å². The number of methoxy groups -OCH3 is 1. The Balaban J connectivity index is 1.72. The third-order valence-electron chi connectivity index (χ3n) is 5.67. The standard InChI is InChI=1S/C25H26ClFN4O4S/c1-4-31(33)23-12-11-20(28-21-13-15(26)5-10-19(21)27)18-14-22(29-24(18)23)25(32)30-36(3,34)17-8-6-16(35-2)7-9-17/h5-14,25,28-29,31-32H,3-4H2,1-2H3,(H,30,34). The maximum atomic E-state index is 14.4. The van der Waals surface area contributed by atoms with Gasteiger partial charge in [-0.25, -0.2) is 13.3 Å². The van der Waals surface area contributed by atoms with Crippen LogP contribution < -0.4 is 19.8 Å². The lowest BCUT2D eigenvalue weighted by atomic mass is 10.1. The van der Waals surface area contributed by atoms with Crippen molar-refractivity contribution in [2.24, 2.45) is 0 Å². The minimum atomic E-state index is -3.09. The second-order valence-electron chi connectivity index (χ2n) is 8.07. The van der Waals surface area contributed by atoms with Crippen molar-refractivity contribution in [1.82, 2.24) is 9.71 Å². The minimum Gasteiger partial charge on any atom is -0.629 e. The van der Waals surface area contributed by atoms with E-state index in [0.29, 0.717) is 37.9 Å². The molecule has 0 radical (unpaired) electrons. The molecule has 5 N–H and O–H groups in total. The molecule has 0 aliphatic carbocycles. The zero-order chi connectivity index (χ0) is 26.0. The van der Waals surface area contributed by atoms with Crippen LogP contribution in [0.1, 0.15) is 18.8 Å². The summed E-state index contributed by atoms with van der Waals surface area (Å²) in [6.45, 7) is 2.01. The van der Waals surface area contributed by atoms with E-state index in [1.807, 2.05) is 0 Å². The van der Waals surface area contributed by atoms with Gasteiger partial charge in [-0.15, -0.1) is 0 Å². The number of fused-ring (bicyclic) bond motifs is 1. The Morgan fingerprint density at radius 2 is 1.92 bits per heavy atom. The number of hydrogen-bond donors (Lipinski definition) is 5. The van der Waals surface area contributed by atoms with Gasteiger partial charge in [0, 0.05) is 27.1 Å². The van der Waals surface area contributed by atoms with Gasteiger partial charge in [0.15, 0.2) is 11.9 Å². The number of ether oxygens (including phenoxy) is 1. The molecular weight excluding hydrogens is 507 g/mol. The van der Waals surface area contributed by atoms with Gasteiger partial charge in [0.05, 0.1) is 34.7 Å². The van der Waals surface area contributed by atoms with Crippen LogP contribution in [0.4, 0.5) is 21.5 Å². The van der Waals surface area contributed by atoms with Crippen LogP contribution in [0.15, 0.2) is 65.6 Å². The molecule has 4 aromatic rings. The molecule has 0 aliphatic heterocycles. The van der Waals surface area contributed by atoms with Gasteiger partial charge in [-0.3, -0.25) is 0 Å². The summed E-state index contributed by atoms with van der Waals surface area (Å²) in [7, 11) is -1.57. The van der Waals surface area contributed by atoms with E-state index in [2.05, 4.69) is 20.9 Å². The Kier molecular flexibility index (Phi) is 7.55. The van der Waals surface area contributed by atoms with Gasteiger partial charge in [0.2, 0.25) is 0 Å². The molecule has 0 saturated carbocycles. The van der Waals surface area contributed by atoms with Crippen molar-refractivity contribution in [3.05, 3.63) is 82.4 Å². The molecule has 3 atom stereocenters. The number of hydrogen-bond acceptors (Lipinski definition) is 5. The fourth-order valence-corrected chi connectivity index (χ4v) is 5.14. The number of anilines is 2. The van der Waals surface area contributed by atoms with Crippen molar-refractivity contribution in [3.63, 3.8) is 0 Å². The van der Waals surface area contributed by atoms with Crippen LogP contribution in [-0.2, 0) is 9.71 Å². The van der Waals surface area contributed by atoms with Gasteiger partial charge in [0.25, 0.3) is 0 Å². The Morgan fingerprint density at radius 1 is 1.19 bits per heavy atom. The van der Waals surface area contributed by atoms with Gasteiger partial charge in [-0.1, -0.05) is 11.6 Å². The molecule has 4 rings (SSSR count). The first kappa shape index (κ1) is 26.0. The summed E-state index contributed by atoms with van der Waals surface area (Å²) in [5.74, 6) is 3.83. The molecule has 8 nitrogen and oxygen atoms in total.